The minimum absolute atomic E-state index is 0.00865. The van der Waals surface area contributed by atoms with Crippen molar-refractivity contribution in [1.82, 2.24) is 9.55 Å². The van der Waals surface area contributed by atoms with Crippen molar-refractivity contribution in [2.24, 2.45) is 0 Å². The molecule has 0 aromatic carbocycles. The first-order valence-electron chi connectivity index (χ1n) is 5.40. The second kappa shape index (κ2) is 5.18. The fourth-order valence-corrected chi connectivity index (χ4v) is 3.23. The van der Waals surface area contributed by atoms with Crippen molar-refractivity contribution in [2.75, 3.05) is 12.3 Å². The number of nitrogens with two attached hydrogens (primary N) is 1. The zero-order valence-corrected chi connectivity index (χ0v) is 10.5. The molecule has 0 saturated carbocycles. The molecule has 1 aromatic heterocycles. The number of thioether (sulfide) groups is 1. The number of hydrogen-bond donors (Lipinski definition) is 4. The van der Waals surface area contributed by atoms with Crippen LogP contribution < -0.4 is 11.4 Å². The van der Waals surface area contributed by atoms with E-state index in [2.05, 4.69) is 4.98 Å². The van der Waals surface area contributed by atoms with Gasteiger partial charge in [-0.2, -0.15) is 10.2 Å². The van der Waals surface area contributed by atoms with Crippen LogP contribution in [-0.4, -0.2) is 48.9 Å². The predicted octanol–water partition coefficient (Wildman–Crippen LogP) is -1.97. The summed E-state index contributed by atoms with van der Waals surface area (Å²) in [5.41, 5.74) is 4.69. The quantitative estimate of drug-likeness (QED) is 0.489. The number of nitrogens with zero attached hydrogens (tertiary/aromatic N) is 3. The average Bonchev–Trinajstić information content (AvgIpc) is 2.67. The van der Waals surface area contributed by atoms with Gasteiger partial charge in [-0.3, -0.25) is 4.57 Å². The van der Waals surface area contributed by atoms with Crippen LogP contribution in [0.5, 0.6) is 0 Å². The van der Waals surface area contributed by atoms with E-state index in [9.17, 15) is 15.0 Å². The summed E-state index contributed by atoms with van der Waals surface area (Å²) in [4.78, 5) is 15.2. The minimum Gasteiger partial charge on any atom is -0.395 e. The Bertz CT molecular complexity index is 584. The highest BCUT2D eigenvalue weighted by molar-refractivity contribution is 8.00. The first kappa shape index (κ1) is 13.8. The Morgan fingerprint density at radius 2 is 2.21 bits per heavy atom. The van der Waals surface area contributed by atoms with Crippen molar-refractivity contribution in [3.63, 3.8) is 0 Å². The van der Waals surface area contributed by atoms with Crippen LogP contribution in [0.25, 0.3) is 0 Å². The third kappa shape index (κ3) is 2.31. The highest BCUT2D eigenvalue weighted by Crippen LogP contribution is 2.41. The summed E-state index contributed by atoms with van der Waals surface area (Å²) in [6.45, 7) is -0.332. The molecular formula is C10H12N4O4S. The molecule has 0 bridgehead atoms. The lowest BCUT2D eigenvalue weighted by molar-refractivity contribution is 0.0101. The van der Waals surface area contributed by atoms with Gasteiger partial charge in [-0.05, 0) is 0 Å². The Balaban J connectivity index is 2.44. The van der Waals surface area contributed by atoms with Gasteiger partial charge in [0.2, 0.25) is 0 Å². The molecule has 19 heavy (non-hydrogen) atoms. The van der Waals surface area contributed by atoms with Gasteiger partial charge in [-0.15, -0.1) is 11.8 Å². The van der Waals surface area contributed by atoms with E-state index in [1.54, 1.807) is 6.07 Å². The van der Waals surface area contributed by atoms with Crippen LogP contribution in [-0.2, 0) is 0 Å². The van der Waals surface area contributed by atoms with Crippen molar-refractivity contribution in [1.29, 1.82) is 5.26 Å². The van der Waals surface area contributed by atoms with Crippen molar-refractivity contribution in [3.05, 3.63) is 22.2 Å². The zero-order valence-electron chi connectivity index (χ0n) is 9.67. The van der Waals surface area contributed by atoms with Gasteiger partial charge in [0.05, 0.1) is 18.0 Å². The number of rotatable bonds is 2. The Hall–Kier alpha value is -1.60. The smallest absolute Gasteiger partial charge is 0.350 e. The van der Waals surface area contributed by atoms with Gasteiger partial charge >= 0.3 is 5.69 Å². The molecule has 1 aromatic rings. The summed E-state index contributed by atoms with van der Waals surface area (Å²) >= 11 is 1.04. The van der Waals surface area contributed by atoms with E-state index in [1.807, 2.05) is 0 Å². The largest absolute Gasteiger partial charge is 0.395 e. The third-order valence-corrected chi connectivity index (χ3v) is 4.46. The van der Waals surface area contributed by atoms with Gasteiger partial charge in [0.15, 0.2) is 0 Å². The molecule has 5 N–H and O–H groups in total. The second-order valence-electron chi connectivity index (χ2n) is 4.07. The molecule has 102 valence electrons. The topological polar surface area (TPSA) is 145 Å². The van der Waals surface area contributed by atoms with Gasteiger partial charge in [-0.1, -0.05) is 0 Å². The van der Waals surface area contributed by atoms with Crippen molar-refractivity contribution in [3.8, 4) is 6.07 Å². The van der Waals surface area contributed by atoms with E-state index in [1.165, 1.54) is 6.20 Å². The molecule has 4 atom stereocenters. The molecule has 2 rings (SSSR count). The molecular weight excluding hydrogens is 272 g/mol. The van der Waals surface area contributed by atoms with E-state index in [0.717, 1.165) is 16.3 Å². The van der Waals surface area contributed by atoms with E-state index in [0.29, 0.717) is 0 Å². The Kier molecular flexibility index (Phi) is 3.77. The highest BCUT2D eigenvalue weighted by Gasteiger charge is 2.43. The van der Waals surface area contributed by atoms with Crippen LogP contribution in [0, 0.1) is 11.3 Å². The number of aromatic nitrogens is 2. The molecule has 0 radical (unpaired) electrons. The minimum atomic E-state index is -1.24. The standard InChI is InChI=1S/C10H12N4O4S/c11-1-4-2-14(10(18)13-8(4)12)9-7(17)6(16)5(3-15)19-9/h2,5-7,9,15-17H,3H2,(H2,12,13,18). The normalized spacial score (nSPS) is 30.2. The number of nitriles is 1. The van der Waals surface area contributed by atoms with E-state index in [4.69, 9.17) is 16.1 Å². The summed E-state index contributed by atoms with van der Waals surface area (Å²) in [7, 11) is 0. The fourth-order valence-electron chi connectivity index (χ4n) is 1.86. The van der Waals surface area contributed by atoms with E-state index < -0.39 is 28.5 Å². The predicted molar refractivity (Wildman–Crippen MR) is 67.1 cm³/mol. The van der Waals surface area contributed by atoms with Crippen molar-refractivity contribution >= 4 is 17.6 Å². The molecule has 2 heterocycles. The molecule has 0 aliphatic carbocycles. The maximum absolute atomic E-state index is 11.7. The molecule has 0 spiro atoms. The van der Waals surface area contributed by atoms with Gasteiger partial charge in [0.25, 0.3) is 0 Å². The molecule has 0 amide bonds. The van der Waals surface area contributed by atoms with Gasteiger partial charge < -0.3 is 21.1 Å². The maximum Gasteiger partial charge on any atom is 0.350 e. The number of anilines is 1. The van der Waals surface area contributed by atoms with Crippen LogP contribution in [0.4, 0.5) is 5.82 Å². The molecule has 4 unspecified atom stereocenters. The molecule has 8 nitrogen and oxygen atoms in total. The Morgan fingerprint density at radius 3 is 2.74 bits per heavy atom. The SMILES string of the molecule is N#Cc1cn(C2SC(CO)C(O)C2O)c(=O)nc1N. The average molecular weight is 284 g/mol. The summed E-state index contributed by atoms with van der Waals surface area (Å²) in [5.74, 6) is -0.180. The third-order valence-electron chi connectivity index (χ3n) is 2.89. The lowest BCUT2D eigenvalue weighted by atomic mass is 10.1. The Morgan fingerprint density at radius 1 is 1.53 bits per heavy atom. The number of aliphatic hydroxyl groups is 3. The van der Waals surface area contributed by atoms with Crippen molar-refractivity contribution < 1.29 is 15.3 Å². The Labute approximate surface area is 112 Å². The van der Waals surface area contributed by atoms with Crippen LogP contribution >= 0.6 is 11.8 Å². The first-order valence-corrected chi connectivity index (χ1v) is 6.35. The summed E-state index contributed by atoms with van der Waals surface area (Å²) in [5, 5.41) is 36.1. The molecule has 9 heteroatoms. The number of aliphatic hydroxyl groups excluding tert-OH is 3. The lowest BCUT2D eigenvalue weighted by Gasteiger charge is -2.17. The monoisotopic (exact) mass is 284 g/mol. The maximum atomic E-state index is 11.7. The first-order chi connectivity index (χ1) is 8.99. The molecule has 1 aliphatic heterocycles. The van der Waals surface area contributed by atoms with Crippen LogP contribution in [0.15, 0.2) is 11.0 Å². The van der Waals surface area contributed by atoms with Gasteiger partial charge in [-0.25, -0.2) is 4.79 Å². The highest BCUT2D eigenvalue weighted by atomic mass is 32.2. The van der Waals surface area contributed by atoms with Crippen LogP contribution in [0.2, 0.25) is 0 Å². The molecule has 1 saturated heterocycles. The van der Waals surface area contributed by atoms with Crippen LogP contribution in [0.1, 0.15) is 10.9 Å². The van der Waals surface area contributed by atoms with E-state index >= 15 is 0 Å². The summed E-state index contributed by atoms with van der Waals surface area (Å²) in [6.07, 6.45) is -1.20. The zero-order chi connectivity index (χ0) is 14.2. The van der Waals surface area contributed by atoms with Crippen LogP contribution in [0.3, 0.4) is 0 Å². The second-order valence-corrected chi connectivity index (χ2v) is 5.43. The lowest BCUT2D eigenvalue weighted by Crippen LogP contribution is -2.36. The fraction of sp³-hybridized carbons (Fsp3) is 0.500. The summed E-state index contributed by atoms with van der Waals surface area (Å²) < 4.78 is 1.04. The molecule has 1 aliphatic rings. The van der Waals surface area contributed by atoms with Crippen molar-refractivity contribution in [2.45, 2.75) is 22.8 Å². The number of hydrogen-bond acceptors (Lipinski definition) is 8. The molecule has 1 fully saturated rings. The van der Waals surface area contributed by atoms with E-state index in [-0.39, 0.29) is 18.0 Å². The van der Waals surface area contributed by atoms with Gasteiger partial charge in [0.1, 0.15) is 28.9 Å². The summed E-state index contributed by atoms with van der Waals surface area (Å²) in [6, 6.07) is 1.79. The van der Waals surface area contributed by atoms with Gasteiger partial charge in [0, 0.05) is 6.20 Å². The number of nitrogen functional groups attached to an aromatic ring is 1.